The smallest absolute Gasteiger partial charge is 0.231 e. The van der Waals surface area contributed by atoms with Crippen LogP contribution in [0.5, 0.6) is 17.2 Å². The van der Waals surface area contributed by atoms with Gasteiger partial charge in [-0.25, -0.2) is 0 Å². The predicted octanol–water partition coefficient (Wildman–Crippen LogP) is 0.668. The van der Waals surface area contributed by atoms with E-state index in [2.05, 4.69) is 4.84 Å². The summed E-state index contributed by atoms with van der Waals surface area (Å²) in [6.07, 6.45) is 0. The monoisotopic (exact) mass is 153 g/mol. The zero-order chi connectivity index (χ0) is 7.68. The Hall–Kier alpha value is -1.42. The minimum atomic E-state index is 0.267. The zero-order valence-electron chi connectivity index (χ0n) is 5.74. The van der Waals surface area contributed by atoms with Crippen molar-refractivity contribution in [1.29, 1.82) is 0 Å². The Bertz CT molecular complexity index is 274. The number of benzene rings is 1. The fraction of sp³-hybridized carbons (Fsp3) is 0.143. The van der Waals surface area contributed by atoms with Crippen LogP contribution in [0.3, 0.4) is 0 Å². The Kier molecular flexibility index (Phi) is 1.33. The van der Waals surface area contributed by atoms with E-state index in [1.54, 1.807) is 18.2 Å². The van der Waals surface area contributed by atoms with Gasteiger partial charge in [0.25, 0.3) is 0 Å². The number of nitrogens with two attached hydrogens (primary N) is 1. The maximum absolute atomic E-state index is 5.08. The largest absolute Gasteiger partial charge is 0.454 e. The quantitative estimate of drug-likeness (QED) is 0.602. The second-order valence-electron chi connectivity index (χ2n) is 2.13. The Morgan fingerprint density at radius 3 is 2.91 bits per heavy atom. The molecule has 2 N–H and O–H groups in total. The highest BCUT2D eigenvalue weighted by Crippen LogP contribution is 2.34. The van der Waals surface area contributed by atoms with Crippen LogP contribution in [-0.4, -0.2) is 6.79 Å². The molecule has 0 aliphatic carbocycles. The summed E-state index contributed by atoms with van der Waals surface area (Å²) in [5, 5.41) is 0. The van der Waals surface area contributed by atoms with Crippen LogP contribution in [0.15, 0.2) is 18.2 Å². The SMILES string of the molecule is NOc1ccc2c(c1)OCO2. The van der Waals surface area contributed by atoms with Gasteiger partial charge in [0.2, 0.25) is 6.79 Å². The molecule has 0 aromatic heterocycles. The number of fused-ring (bicyclic) bond motifs is 1. The van der Waals surface area contributed by atoms with Crippen LogP contribution in [-0.2, 0) is 0 Å². The second-order valence-corrected chi connectivity index (χ2v) is 2.13. The lowest BCUT2D eigenvalue weighted by molar-refractivity contribution is 0.173. The van der Waals surface area contributed by atoms with Crippen molar-refractivity contribution in [2.45, 2.75) is 0 Å². The highest BCUT2D eigenvalue weighted by Gasteiger charge is 2.12. The first-order valence-electron chi connectivity index (χ1n) is 3.16. The molecule has 0 fully saturated rings. The van der Waals surface area contributed by atoms with E-state index in [0.717, 1.165) is 5.75 Å². The van der Waals surface area contributed by atoms with Crippen molar-refractivity contribution in [3.63, 3.8) is 0 Å². The molecule has 1 aliphatic rings. The van der Waals surface area contributed by atoms with E-state index in [1.807, 2.05) is 0 Å². The molecule has 1 aromatic rings. The van der Waals surface area contributed by atoms with Gasteiger partial charge in [-0.15, -0.1) is 0 Å². The van der Waals surface area contributed by atoms with Crippen LogP contribution in [0.2, 0.25) is 0 Å². The standard InChI is InChI=1S/C7H7NO3/c8-11-5-1-2-6-7(3-5)10-4-9-6/h1-3H,4,8H2. The first kappa shape index (κ1) is 6.30. The van der Waals surface area contributed by atoms with Gasteiger partial charge in [-0.1, -0.05) is 0 Å². The van der Waals surface area contributed by atoms with E-state index in [1.165, 1.54) is 0 Å². The molecule has 11 heavy (non-hydrogen) atoms. The average molecular weight is 153 g/mol. The summed E-state index contributed by atoms with van der Waals surface area (Å²) in [5.74, 6) is 6.91. The van der Waals surface area contributed by atoms with Crippen molar-refractivity contribution >= 4 is 0 Å². The first-order chi connectivity index (χ1) is 5.40. The summed E-state index contributed by atoms with van der Waals surface area (Å²) in [5.41, 5.74) is 0. The van der Waals surface area contributed by atoms with Crippen molar-refractivity contribution in [3.8, 4) is 17.2 Å². The second kappa shape index (κ2) is 2.32. The summed E-state index contributed by atoms with van der Waals surface area (Å²) in [4.78, 5) is 4.50. The molecule has 0 unspecified atom stereocenters. The zero-order valence-corrected chi connectivity index (χ0v) is 5.74. The maximum Gasteiger partial charge on any atom is 0.231 e. The van der Waals surface area contributed by atoms with Gasteiger partial charge in [0, 0.05) is 6.07 Å². The summed E-state index contributed by atoms with van der Waals surface area (Å²) in [6, 6.07) is 5.15. The fourth-order valence-electron chi connectivity index (χ4n) is 0.950. The lowest BCUT2D eigenvalue weighted by Gasteiger charge is -1.98. The molecule has 0 bridgehead atoms. The van der Waals surface area contributed by atoms with Gasteiger partial charge in [-0.3, -0.25) is 0 Å². The van der Waals surface area contributed by atoms with Gasteiger partial charge in [0.1, 0.15) is 0 Å². The Morgan fingerprint density at radius 2 is 2.09 bits per heavy atom. The van der Waals surface area contributed by atoms with Gasteiger partial charge < -0.3 is 14.3 Å². The van der Waals surface area contributed by atoms with Crippen molar-refractivity contribution in [1.82, 2.24) is 0 Å². The van der Waals surface area contributed by atoms with E-state index in [4.69, 9.17) is 15.4 Å². The van der Waals surface area contributed by atoms with E-state index < -0.39 is 0 Å². The molecular formula is C7H7NO3. The summed E-state index contributed by atoms with van der Waals surface area (Å²) >= 11 is 0. The molecule has 2 rings (SSSR count). The minimum Gasteiger partial charge on any atom is -0.454 e. The van der Waals surface area contributed by atoms with E-state index in [9.17, 15) is 0 Å². The summed E-state index contributed by atoms with van der Waals surface area (Å²) < 4.78 is 10.2. The Morgan fingerprint density at radius 1 is 1.27 bits per heavy atom. The molecule has 0 atom stereocenters. The molecule has 1 aliphatic heterocycles. The molecule has 4 heteroatoms. The minimum absolute atomic E-state index is 0.267. The van der Waals surface area contributed by atoms with Crippen LogP contribution in [0.25, 0.3) is 0 Å². The lowest BCUT2D eigenvalue weighted by Crippen LogP contribution is -2.01. The molecule has 0 amide bonds. The highest BCUT2D eigenvalue weighted by molar-refractivity contribution is 5.46. The highest BCUT2D eigenvalue weighted by atomic mass is 16.7. The molecule has 4 nitrogen and oxygen atoms in total. The normalized spacial score (nSPS) is 13.2. The fourth-order valence-corrected chi connectivity index (χ4v) is 0.950. The third-order valence-corrected chi connectivity index (χ3v) is 1.48. The van der Waals surface area contributed by atoms with Crippen LogP contribution in [0, 0.1) is 0 Å². The number of hydrogen-bond donors (Lipinski definition) is 1. The van der Waals surface area contributed by atoms with Gasteiger partial charge in [0.05, 0.1) is 0 Å². The maximum atomic E-state index is 5.08. The summed E-state index contributed by atoms with van der Waals surface area (Å²) in [7, 11) is 0. The van der Waals surface area contributed by atoms with Crippen LogP contribution >= 0.6 is 0 Å². The molecule has 0 saturated carbocycles. The number of rotatable bonds is 1. The van der Waals surface area contributed by atoms with E-state index >= 15 is 0 Å². The lowest BCUT2D eigenvalue weighted by atomic mass is 10.3. The van der Waals surface area contributed by atoms with Crippen molar-refractivity contribution < 1.29 is 14.3 Å². The van der Waals surface area contributed by atoms with Gasteiger partial charge in [-0.2, -0.15) is 5.90 Å². The number of hydrogen-bond acceptors (Lipinski definition) is 4. The van der Waals surface area contributed by atoms with Crippen LogP contribution < -0.4 is 20.2 Å². The average Bonchev–Trinajstić information content (AvgIpc) is 2.50. The number of ether oxygens (including phenoxy) is 2. The van der Waals surface area contributed by atoms with Crippen molar-refractivity contribution in [3.05, 3.63) is 18.2 Å². The van der Waals surface area contributed by atoms with Gasteiger partial charge in [-0.05, 0) is 12.1 Å². The van der Waals surface area contributed by atoms with Gasteiger partial charge >= 0.3 is 0 Å². The van der Waals surface area contributed by atoms with Crippen molar-refractivity contribution in [2.24, 2.45) is 5.90 Å². The molecule has 1 aromatic carbocycles. The molecule has 58 valence electrons. The van der Waals surface area contributed by atoms with Gasteiger partial charge in [0.15, 0.2) is 17.2 Å². The van der Waals surface area contributed by atoms with Crippen LogP contribution in [0.1, 0.15) is 0 Å². The molecule has 1 heterocycles. The summed E-state index contributed by atoms with van der Waals surface area (Å²) in [6.45, 7) is 0.267. The molecule has 0 radical (unpaired) electrons. The molecule has 0 spiro atoms. The predicted molar refractivity (Wildman–Crippen MR) is 37.4 cm³/mol. The molecule has 0 saturated heterocycles. The first-order valence-corrected chi connectivity index (χ1v) is 3.16. The Labute approximate surface area is 63.4 Å². The molecular weight excluding hydrogens is 146 g/mol. The third kappa shape index (κ3) is 0.969. The van der Waals surface area contributed by atoms with Crippen LogP contribution in [0.4, 0.5) is 0 Å². The van der Waals surface area contributed by atoms with E-state index in [0.29, 0.717) is 11.5 Å². The Balaban J connectivity index is 2.41. The van der Waals surface area contributed by atoms with E-state index in [-0.39, 0.29) is 6.79 Å². The topological polar surface area (TPSA) is 53.7 Å². The van der Waals surface area contributed by atoms with Crippen molar-refractivity contribution in [2.75, 3.05) is 6.79 Å². The third-order valence-electron chi connectivity index (χ3n) is 1.48.